The largest absolute Gasteiger partial charge is 0.479 e. The van der Waals surface area contributed by atoms with Gasteiger partial charge in [-0.1, -0.05) is 0 Å². The van der Waals surface area contributed by atoms with E-state index in [1.54, 1.807) is 6.33 Å². The molecule has 4 rings (SSSR count). The van der Waals surface area contributed by atoms with Crippen LogP contribution < -0.4 is 26.8 Å². The Labute approximate surface area is 167 Å². The number of benzene rings is 2. The molecule has 148 valence electrons. The van der Waals surface area contributed by atoms with Crippen molar-refractivity contribution in [3.8, 4) is 5.75 Å². The van der Waals surface area contributed by atoms with Crippen molar-refractivity contribution in [3.63, 3.8) is 0 Å². The molecule has 2 heterocycles. The van der Waals surface area contributed by atoms with Gasteiger partial charge in [-0.25, -0.2) is 4.98 Å². The highest BCUT2D eigenvalue weighted by Gasteiger charge is 2.14. The third kappa shape index (κ3) is 3.90. The predicted octanol–water partition coefficient (Wildman–Crippen LogP) is 3.33. The summed E-state index contributed by atoms with van der Waals surface area (Å²) in [7, 11) is 0. The third-order valence-corrected chi connectivity index (χ3v) is 4.45. The average molecular weight is 390 g/mol. The number of aromatic nitrogens is 4. The molecular formula is C20H22N8O. The number of hydrogen-bond acceptors (Lipinski definition) is 8. The average Bonchev–Trinajstić information content (AvgIpc) is 3.15. The summed E-state index contributed by atoms with van der Waals surface area (Å²) in [6, 6.07) is 11.2. The third-order valence-electron chi connectivity index (χ3n) is 4.45. The lowest BCUT2D eigenvalue weighted by atomic mass is 10.1. The van der Waals surface area contributed by atoms with E-state index in [2.05, 4.69) is 30.6 Å². The van der Waals surface area contributed by atoms with Gasteiger partial charge in [0.1, 0.15) is 12.5 Å². The number of aromatic amines is 1. The Morgan fingerprint density at radius 2 is 1.76 bits per heavy atom. The normalized spacial score (nSPS) is 10.9. The maximum absolute atomic E-state index is 5.75. The summed E-state index contributed by atoms with van der Waals surface area (Å²) in [5.41, 5.74) is 17.0. The lowest BCUT2D eigenvalue weighted by Crippen LogP contribution is -2.08. The number of ether oxygens (including phenoxy) is 1. The van der Waals surface area contributed by atoms with E-state index in [0.717, 1.165) is 28.3 Å². The summed E-state index contributed by atoms with van der Waals surface area (Å²) >= 11 is 0. The number of nitrogens with one attached hydrogen (secondary N) is 3. The van der Waals surface area contributed by atoms with Crippen LogP contribution in [0.25, 0.3) is 11.2 Å². The zero-order chi connectivity index (χ0) is 20.4. The number of nitrogens with zero attached hydrogens (tertiary/aromatic N) is 3. The van der Waals surface area contributed by atoms with Crippen molar-refractivity contribution >= 4 is 40.0 Å². The zero-order valence-corrected chi connectivity index (χ0v) is 16.2. The maximum atomic E-state index is 5.75. The van der Waals surface area contributed by atoms with Crippen molar-refractivity contribution in [2.45, 2.75) is 13.8 Å². The Hall–Kier alpha value is -3.85. The van der Waals surface area contributed by atoms with E-state index in [0.29, 0.717) is 28.6 Å². The molecule has 0 aliphatic carbocycles. The zero-order valence-electron chi connectivity index (χ0n) is 16.2. The summed E-state index contributed by atoms with van der Waals surface area (Å²) in [6.07, 6.45) is 1.59. The van der Waals surface area contributed by atoms with Crippen molar-refractivity contribution < 1.29 is 4.74 Å². The monoisotopic (exact) mass is 390 g/mol. The molecule has 7 N–H and O–H groups in total. The minimum atomic E-state index is 0.131. The van der Waals surface area contributed by atoms with E-state index in [-0.39, 0.29) is 6.73 Å². The molecule has 0 atom stereocenters. The van der Waals surface area contributed by atoms with Crippen LogP contribution in [0, 0.1) is 13.8 Å². The molecule has 0 fully saturated rings. The number of imidazole rings is 1. The predicted molar refractivity (Wildman–Crippen MR) is 115 cm³/mol. The Morgan fingerprint density at radius 1 is 1.03 bits per heavy atom. The van der Waals surface area contributed by atoms with E-state index in [1.165, 1.54) is 0 Å². The van der Waals surface area contributed by atoms with Crippen molar-refractivity contribution in [3.05, 3.63) is 53.9 Å². The Kier molecular flexibility index (Phi) is 4.88. The highest BCUT2D eigenvalue weighted by atomic mass is 16.5. The van der Waals surface area contributed by atoms with E-state index >= 15 is 0 Å². The number of rotatable bonds is 6. The summed E-state index contributed by atoms with van der Waals surface area (Å²) < 4.78 is 5.41. The molecule has 0 amide bonds. The van der Waals surface area contributed by atoms with Crippen LogP contribution >= 0.6 is 0 Å². The molecule has 0 aliphatic heterocycles. The van der Waals surface area contributed by atoms with Crippen LogP contribution in [0.4, 0.5) is 28.8 Å². The van der Waals surface area contributed by atoms with Gasteiger partial charge < -0.3 is 26.1 Å². The summed E-state index contributed by atoms with van der Waals surface area (Å²) in [6.45, 7) is 4.12. The first kappa shape index (κ1) is 18.5. The lowest BCUT2D eigenvalue weighted by molar-refractivity contribution is 0.329. The van der Waals surface area contributed by atoms with E-state index in [1.807, 2.05) is 50.2 Å². The smallest absolute Gasteiger partial charge is 0.231 e. The number of nitrogens with two attached hydrogens (primary N) is 2. The molecule has 0 aliphatic rings. The number of nitrogen functional groups attached to an aromatic ring is 1. The van der Waals surface area contributed by atoms with Crippen molar-refractivity contribution in [1.29, 1.82) is 0 Å². The fourth-order valence-electron chi connectivity index (χ4n) is 3.09. The molecule has 0 bridgehead atoms. The van der Waals surface area contributed by atoms with Gasteiger partial charge in [-0.3, -0.25) is 5.73 Å². The van der Waals surface area contributed by atoms with Crippen molar-refractivity contribution in [1.82, 2.24) is 19.9 Å². The standard InChI is InChI=1S/C20H22N8O/c1-11-7-15(29-9-21)8-12(2)16(11)26-19-17-18(24-10-23-17)27-20(28-19)25-14-5-3-13(22)4-6-14/h3-8,10H,9,21-22H2,1-2H3,(H3,23,24,25,26,27,28). The molecule has 0 saturated carbocycles. The minimum absolute atomic E-state index is 0.131. The maximum Gasteiger partial charge on any atom is 0.231 e. The Morgan fingerprint density at radius 3 is 2.45 bits per heavy atom. The quantitative estimate of drug-likeness (QED) is 0.249. The number of aryl methyl sites for hydroxylation is 2. The van der Waals surface area contributed by atoms with Crippen LogP contribution in [0.15, 0.2) is 42.7 Å². The Balaban J connectivity index is 1.70. The summed E-state index contributed by atoms with van der Waals surface area (Å²) in [5.74, 6) is 1.76. The van der Waals surface area contributed by atoms with Gasteiger partial charge in [0, 0.05) is 17.1 Å². The van der Waals surface area contributed by atoms with Crippen molar-refractivity contribution in [2.24, 2.45) is 5.73 Å². The fraction of sp³-hybridized carbons (Fsp3) is 0.150. The second-order valence-electron chi connectivity index (χ2n) is 6.61. The molecule has 29 heavy (non-hydrogen) atoms. The highest BCUT2D eigenvalue weighted by Crippen LogP contribution is 2.31. The first-order valence-corrected chi connectivity index (χ1v) is 9.08. The summed E-state index contributed by atoms with van der Waals surface area (Å²) in [5, 5.41) is 6.59. The lowest BCUT2D eigenvalue weighted by Gasteiger charge is -2.15. The van der Waals surface area contributed by atoms with Gasteiger partial charge in [0.25, 0.3) is 0 Å². The van der Waals surface area contributed by atoms with Crippen LogP contribution in [0.3, 0.4) is 0 Å². The molecule has 0 saturated heterocycles. The van der Waals surface area contributed by atoms with Gasteiger partial charge in [-0.05, 0) is 61.4 Å². The fourth-order valence-corrected chi connectivity index (χ4v) is 3.09. The van der Waals surface area contributed by atoms with Crippen LogP contribution in [0.5, 0.6) is 5.75 Å². The van der Waals surface area contributed by atoms with Gasteiger partial charge in [0.05, 0.1) is 6.33 Å². The van der Waals surface area contributed by atoms with Gasteiger partial charge >= 0.3 is 0 Å². The molecule has 9 heteroatoms. The van der Waals surface area contributed by atoms with Gasteiger partial charge in [0.2, 0.25) is 5.95 Å². The molecule has 0 spiro atoms. The van der Waals surface area contributed by atoms with Crippen molar-refractivity contribution in [2.75, 3.05) is 23.1 Å². The van der Waals surface area contributed by atoms with Gasteiger partial charge in [-0.15, -0.1) is 0 Å². The molecular weight excluding hydrogens is 368 g/mol. The number of hydrogen-bond donors (Lipinski definition) is 5. The topological polar surface area (TPSA) is 140 Å². The molecule has 0 unspecified atom stereocenters. The van der Waals surface area contributed by atoms with Crippen LogP contribution in [-0.2, 0) is 0 Å². The first-order chi connectivity index (χ1) is 14.0. The van der Waals surface area contributed by atoms with Crippen LogP contribution in [0.1, 0.15) is 11.1 Å². The van der Waals surface area contributed by atoms with Crippen LogP contribution in [-0.4, -0.2) is 26.7 Å². The SMILES string of the molecule is Cc1cc(OCN)cc(C)c1Nc1nc(Nc2ccc(N)cc2)nc2[nH]cnc12. The van der Waals surface area contributed by atoms with Gasteiger partial charge in [-0.2, -0.15) is 9.97 Å². The molecule has 4 aromatic rings. The number of H-pyrrole nitrogens is 1. The highest BCUT2D eigenvalue weighted by molar-refractivity contribution is 5.87. The summed E-state index contributed by atoms with van der Waals surface area (Å²) in [4.78, 5) is 16.5. The molecule has 0 radical (unpaired) electrons. The first-order valence-electron chi connectivity index (χ1n) is 9.08. The minimum Gasteiger partial charge on any atom is -0.479 e. The molecule has 2 aromatic heterocycles. The van der Waals surface area contributed by atoms with Gasteiger partial charge in [0.15, 0.2) is 17.0 Å². The van der Waals surface area contributed by atoms with E-state index in [4.69, 9.17) is 16.2 Å². The number of anilines is 5. The Bertz CT molecular complexity index is 1130. The molecule has 9 nitrogen and oxygen atoms in total. The number of fused-ring (bicyclic) bond motifs is 1. The van der Waals surface area contributed by atoms with E-state index in [9.17, 15) is 0 Å². The second kappa shape index (κ2) is 7.64. The van der Waals surface area contributed by atoms with E-state index < -0.39 is 0 Å². The molecule has 2 aromatic carbocycles. The second-order valence-corrected chi connectivity index (χ2v) is 6.61. The van der Waals surface area contributed by atoms with Crippen LogP contribution in [0.2, 0.25) is 0 Å².